The summed E-state index contributed by atoms with van der Waals surface area (Å²) in [6.45, 7) is 1.42. The standard InChI is InChI=1S/C29H23FN2O4/c1-16(33)26-25(27(34)19-7-3-5-9-21(19)30)29(20-8-4-6-10-22(20)31-28(29)35)24-14-11-17-15-18(36-2)12-13-23(17)32(24)26/h3-15,24-26H,1-2H3,(H,31,35)/t24-,25+,26+,29+/m0/s1. The van der Waals surface area contributed by atoms with E-state index in [4.69, 9.17) is 4.74 Å². The number of ether oxygens (including phenoxy) is 1. The molecule has 0 unspecified atom stereocenters. The molecule has 1 spiro atoms. The molecule has 3 aromatic rings. The maximum absolute atomic E-state index is 14.9. The van der Waals surface area contributed by atoms with E-state index in [1.165, 1.54) is 25.1 Å². The number of halogens is 1. The highest BCUT2D eigenvalue weighted by atomic mass is 19.1. The number of fused-ring (bicyclic) bond motifs is 6. The Labute approximate surface area is 207 Å². The lowest BCUT2D eigenvalue weighted by Gasteiger charge is -2.37. The van der Waals surface area contributed by atoms with Crippen molar-refractivity contribution in [2.75, 3.05) is 17.3 Å². The highest BCUT2D eigenvalue weighted by Crippen LogP contribution is 2.58. The molecule has 6 nitrogen and oxygen atoms in total. The van der Waals surface area contributed by atoms with Crippen LogP contribution in [0.1, 0.15) is 28.4 Å². The van der Waals surface area contributed by atoms with Gasteiger partial charge in [-0.05, 0) is 48.9 Å². The second kappa shape index (κ2) is 7.88. The molecule has 0 aliphatic carbocycles. The van der Waals surface area contributed by atoms with Gasteiger partial charge in [0.1, 0.15) is 17.0 Å². The molecule has 6 rings (SSSR count). The number of carbonyl (C=O) groups excluding carboxylic acids is 3. The zero-order valence-electron chi connectivity index (χ0n) is 19.7. The van der Waals surface area contributed by atoms with Gasteiger partial charge in [-0.25, -0.2) is 4.39 Å². The number of ketones is 2. The van der Waals surface area contributed by atoms with Crippen LogP contribution in [0.25, 0.3) is 6.08 Å². The number of amides is 1. The molecule has 1 saturated heterocycles. The minimum atomic E-state index is -1.43. The number of nitrogens with one attached hydrogen (secondary N) is 1. The molecular formula is C29H23FN2O4. The van der Waals surface area contributed by atoms with Crippen LogP contribution >= 0.6 is 0 Å². The number of methoxy groups -OCH3 is 1. The summed E-state index contributed by atoms with van der Waals surface area (Å²) in [4.78, 5) is 43.4. The average molecular weight is 483 g/mol. The lowest BCUT2D eigenvalue weighted by Crippen LogP contribution is -2.51. The first-order valence-corrected chi connectivity index (χ1v) is 11.7. The van der Waals surface area contributed by atoms with Gasteiger partial charge in [-0.1, -0.05) is 42.5 Å². The molecule has 36 heavy (non-hydrogen) atoms. The van der Waals surface area contributed by atoms with Crippen molar-refractivity contribution in [3.05, 3.63) is 95.3 Å². The van der Waals surface area contributed by atoms with Crippen LogP contribution in [-0.4, -0.2) is 36.7 Å². The van der Waals surface area contributed by atoms with Crippen molar-refractivity contribution < 1.29 is 23.5 Å². The van der Waals surface area contributed by atoms with Crippen molar-refractivity contribution in [2.45, 2.75) is 24.4 Å². The molecule has 3 aromatic carbocycles. The van der Waals surface area contributed by atoms with Gasteiger partial charge in [0.25, 0.3) is 0 Å². The Hall–Kier alpha value is -4.26. The Morgan fingerprint density at radius 3 is 2.56 bits per heavy atom. The fourth-order valence-electron chi connectivity index (χ4n) is 6.27. The number of carbonyl (C=O) groups is 3. The van der Waals surface area contributed by atoms with E-state index >= 15 is 0 Å². The average Bonchev–Trinajstić information content (AvgIpc) is 3.36. The zero-order chi connectivity index (χ0) is 25.2. The van der Waals surface area contributed by atoms with Crippen molar-refractivity contribution in [3.63, 3.8) is 0 Å². The van der Waals surface area contributed by atoms with Crippen molar-refractivity contribution in [1.29, 1.82) is 0 Å². The van der Waals surface area contributed by atoms with Gasteiger partial charge in [-0.2, -0.15) is 0 Å². The molecule has 180 valence electrons. The number of anilines is 2. The Bertz CT molecular complexity index is 1480. The van der Waals surface area contributed by atoms with Crippen molar-refractivity contribution in [1.82, 2.24) is 0 Å². The lowest BCUT2D eigenvalue weighted by molar-refractivity contribution is -0.122. The fraction of sp³-hybridized carbons (Fsp3) is 0.207. The molecule has 1 N–H and O–H groups in total. The third-order valence-corrected chi connectivity index (χ3v) is 7.68. The Kier molecular flexibility index (Phi) is 4.86. The Morgan fingerprint density at radius 1 is 1.06 bits per heavy atom. The third kappa shape index (κ3) is 2.80. The van der Waals surface area contributed by atoms with Crippen molar-refractivity contribution in [2.24, 2.45) is 5.92 Å². The molecular weight excluding hydrogens is 459 g/mol. The van der Waals surface area contributed by atoms with E-state index in [0.29, 0.717) is 22.7 Å². The summed E-state index contributed by atoms with van der Waals surface area (Å²) in [6, 6.07) is 16.8. The molecule has 3 aliphatic heterocycles. The number of hydrogen-bond acceptors (Lipinski definition) is 5. The highest BCUT2D eigenvalue weighted by Gasteiger charge is 2.70. The number of nitrogens with zero attached hydrogens (tertiary/aromatic N) is 1. The lowest BCUT2D eigenvalue weighted by atomic mass is 9.64. The number of hydrogen-bond donors (Lipinski definition) is 1. The minimum Gasteiger partial charge on any atom is -0.497 e. The maximum Gasteiger partial charge on any atom is 0.238 e. The normalized spacial score (nSPS) is 25.2. The minimum absolute atomic E-state index is 0.135. The first-order chi connectivity index (χ1) is 17.4. The molecule has 0 aromatic heterocycles. The van der Waals surface area contributed by atoms with Gasteiger partial charge in [-0.3, -0.25) is 14.4 Å². The molecule has 4 atom stereocenters. The fourth-order valence-corrected chi connectivity index (χ4v) is 6.27. The van der Waals surface area contributed by atoms with E-state index in [2.05, 4.69) is 5.32 Å². The molecule has 0 radical (unpaired) electrons. The van der Waals surface area contributed by atoms with E-state index in [-0.39, 0.29) is 17.3 Å². The number of benzene rings is 3. The quantitative estimate of drug-likeness (QED) is 0.558. The summed E-state index contributed by atoms with van der Waals surface area (Å²) in [5.74, 6) is -2.42. The summed E-state index contributed by atoms with van der Waals surface area (Å²) in [5.41, 5.74) is 1.17. The maximum atomic E-state index is 14.9. The second-order valence-corrected chi connectivity index (χ2v) is 9.38. The van der Waals surface area contributed by atoms with Gasteiger partial charge in [0.05, 0.1) is 30.7 Å². The van der Waals surface area contributed by atoms with Crippen LogP contribution in [-0.2, 0) is 15.0 Å². The van der Waals surface area contributed by atoms with Crippen LogP contribution in [0.15, 0.2) is 72.8 Å². The van der Waals surface area contributed by atoms with E-state index in [1.54, 1.807) is 31.4 Å². The van der Waals surface area contributed by atoms with E-state index in [9.17, 15) is 18.8 Å². The van der Waals surface area contributed by atoms with Crippen LogP contribution in [0.2, 0.25) is 0 Å². The van der Waals surface area contributed by atoms with Crippen molar-refractivity contribution in [3.8, 4) is 5.75 Å². The van der Waals surface area contributed by atoms with Gasteiger partial charge < -0.3 is 15.0 Å². The summed E-state index contributed by atoms with van der Waals surface area (Å²) in [6.07, 6.45) is 3.76. The molecule has 7 heteroatoms. The van der Waals surface area contributed by atoms with Crippen LogP contribution in [0, 0.1) is 11.7 Å². The Balaban J connectivity index is 1.66. The topological polar surface area (TPSA) is 75.7 Å². The predicted molar refractivity (Wildman–Crippen MR) is 134 cm³/mol. The summed E-state index contributed by atoms with van der Waals surface area (Å²) in [5, 5.41) is 2.94. The van der Waals surface area contributed by atoms with E-state index in [1.807, 2.05) is 41.3 Å². The highest BCUT2D eigenvalue weighted by molar-refractivity contribution is 6.16. The first kappa shape index (κ1) is 22.2. The number of rotatable bonds is 4. The molecule has 0 bridgehead atoms. The smallest absolute Gasteiger partial charge is 0.238 e. The number of para-hydroxylation sites is 1. The largest absolute Gasteiger partial charge is 0.497 e. The van der Waals surface area contributed by atoms with E-state index < -0.39 is 35.0 Å². The van der Waals surface area contributed by atoms with E-state index in [0.717, 1.165) is 5.56 Å². The number of Topliss-reactive ketones (excluding diaryl/α,β-unsaturated/α-hetero) is 2. The third-order valence-electron chi connectivity index (χ3n) is 7.68. The van der Waals surface area contributed by atoms with Crippen LogP contribution in [0.3, 0.4) is 0 Å². The summed E-state index contributed by atoms with van der Waals surface area (Å²) >= 11 is 0. The molecule has 3 heterocycles. The molecule has 1 amide bonds. The zero-order valence-corrected chi connectivity index (χ0v) is 19.7. The van der Waals surface area contributed by atoms with Gasteiger partial charge in [0.2, 0.25) is 5.91 Å². The predicted octanol–water partition coefficient (Wildman–Crippen LogP) is 4.40. The first-order valence-electron chi connectivity index (χ1n) is 11.7. The van der Waals surface area contributed by atoms with Crippen molar-refractivity contribution >= 4 is 34.9 Å². The molecule has 3 aliphatic rings. The Morgan fingerprint density at radius 2 is 1.81 bits per heavy atom. The monoisotopic (exact) mass is 482 g/mol. The molecule has 1 fully saturated rings. The van der Waals surface area contributed by atoms with Crippen LogP contribution in [0.4, 0.5) is 15.8 Å². The van der Waals surface area contributed by atoms with Gasteiger partial charge in [0.15, 0.2) is 11.6 Å². The van der Waals surface area contributed by atoms with Gasteiger partial charge >= 0.3 is 0 Å². The SMILES string of the molecule is COc1ccc2c(c1)C=C[C@@H]1N2[C@H](C(C)=O)[C@H](C(=O)c2ccccc2F)[C@]12C(=O)Nc1ccccc12. The van der Waals surface area contributed by atoms with Crippen LogP contribution < -0.4 is 15.0 Å². The van der Waals surface area contributed by atoms with Gasteiger partial charge in [-0.15, -0.1) is 0 Å². The van der Waals surface area contributed by atoms with Gasteiger partial charge in [0, 0.05) is 16.9 Å². The molecule has 0 saturated carbocycles. The summed E-state index contributed by atoms with van der Waals surface area (Å²) < 4.78 is 20.3. The second-order valence-electron chi connectivity index (χ2n) is 9.38. The van der Waals surface area contributed by atoms with Crippen LogP contribution in [0.5, 0.6) is 5.75 Å². The summed E-state index contributed by atoms with van der Waals surface area (Å²) in [7, 11) is 1.57.